The molecule has 2 rings (SSSR count). The molecule has 5 nitrogen and oxygen atoms in total. The molecule has 0 amide bonds. The Morgan fingerprint density at radius 1 is 1.26 bits per heavy atom. The zero-order valence-corrected chi connectivity index (χ0v) is 11.9. The molecule has 1 saturated heterocycles. The lowest BCUT2D eigenvalue weighted by molar-refractivity contribution is 0.309. The number of nitrogens with zero attached hydrogens (tertiary/aromatic N) is 1. The fraction of sp³-hybridized carbons (Fsp3) is 0.455. The van der Waals surface area contributed by atoms with Gasteiger partial charge in [-0.05, 0) is 18.2 Å². The van der Waals surface area contributed by atoms with Crippen molar-refractivity contribution in [2.24, 2.45) is 0 Å². The molecule has 1 aliphatic rings. The van der Waals surface area contributed by atoms with Crippen LogP contribution in [-0.4, -0.2) is 45.2 Å². The Labute approximate surface area is 112 Å². The highest BCUT2D eigenvalue weighted by Gasteiger charge is 2.42. The Morgan fingerprint density at radius 3 is 2.42 bits per heavy atom. The first kappa shape index (κ1) is 14.4. The van der Waals surface area contributed by atoms with Gasteiger partial charge < -0.3 is 0 Å². The van der Waals surface area contributed by atoms with Crippen LogP contribution in [0.1, 0.15) is 6.92 Å². The first-order chi connectivity index (χ1) is 8.77. The predicted octanol–water partition coefficient (Wildman–Crippen LogP) is 0.633. The third-order valence-corrected chi connectivity index (χ3v) is 7.10. The molecule has 106 valence electrons. The van der Waals surface area contributed by atoms with E-state index in [9.17, 15) is 21.2 Å². The Kier molecular flexibility index (Phi) is 3.67. The third-order valence-electron chi connectivity index (χ3n) is 3.16. The molecule has 0 atom stereocenters. The van der Waals surface area contributed by atoms with Crippen molar-refractivity contribution in [2.45, 2.75) is 17.1 Å². The first-order valence-corrected chi connectivity index (χ1v) is 8.90. The van der Waals surface area contributed by atoms with Crippen molar-refractivity contribution in [3.05, 3.63) is 30.1 Å². The summed E-state index contributed by atoms with van der Waals surface area (Å²) in [5, 5.41) is -0.652. The Balaban J connectivity index is 2.17. The smallest absolute Gasteiger partial charge is 0.228 e. The van der Waals surface area contributed by atoms with Crippen LogP contribution >= 0.6 is 0 Å². The monoisotopic (exact) mass is 307 g/mol. The van der Waals surface area contributed by atoms with Gasteiger partial charge in [-0.25, -0.2) is 21.2 Å². The molecule has 0 N–H and O–H groups in total. The minimum absolute atomic E-state index is 0.00841. The van der Waals surface area contributed by atoms with E-state index in [-0.39, 0.29) is 23.7 Å². The predicted molar refractivity (Wildman–Crippen MR) is 68.4 cm³/mol. The summed E-state index contributed by atoms with van der Waals surface area (Å²) in [7, 11) is -7.02. The van der Waals surface area contributed by atoms with E-state index < -0.39 is 30.9 Å². The quantitative estimate of drug-likeness (QED) is 0.818. The highest BCUT2D eigenvalue weighted by Crippen LogP contribution is 2.25. The van der Waals surface area contributed by atoms with Gasteiger partial charge in [0.25, 0.3) is 0 Å². The summed E-state index contributed by atoms with van der Waals surface area (Å²) in [6, 6.07) is 4.68. The van der Waals surface area contributed by atoms with E-state index in [0.29, 0.717) is 0 Å². The molecule has 0 aromatic heterocycles. The number of sulfone groups is 1. The number of halogens is 1. The number of benzene rings is 1. The number of hydrogen-bond acceptors (Lipinski definition) is 4. The van der Waals surface area contributed by atoms with Crippen LogP contribution in [-0.2, 0) is 19.9 Å². The maximum Gasteiger partial charge on any atom is 0.243 e. The molecule has 0 aliphatic carbocycles. The van der Waals surface area contributed by atoms with Crippen LogP contribution in [0.15, 0.2) is 29.2 Å². The van der Waals surface area contributed by atoms with Gasteiger partial charge in [-0.15, -0.1) is 0 Å². The van der Waals surface area contributed by atoms with Crippen LogP contribution in [0.25, 0.3) is 0 Å². The molecule has 0 spiro atoms. The molecule has 1 aliphatic heterocycles. The van der Waals surface area contributed by atoms with Gasteiger partial charge in [0.2, 0.25) is 10.0 Å². The van der Waals surface area contributed by atoms with Crippen LogP contribution in [0.4, 0.5) is 4.39 Å². The summed E-state index contributed by atoms with van der Waals surface area (Å²) in [6.45, 7) is 1.41. The second-order valence-corrected chi connectivity index (χ2v) is 8.86. The van der Waals surface area contributed by atoms with Gasteiger partial charge >= 0.3 is 0 Å². The van der Waals surface area contributed by atoms with Crippen molar-refractivity contribution in [1.29, 1.82) is 0 Å². The Bertz CT molecular complexity index is 678. The maximum absolute atomic E-state index is 13.0. The normalized spacial score (nSPS) is 18.2. The summed E-state index contributed by atoms with van der Waals surface area (Å²) < 4.78 is 61.4. The topological polar surface area (TPSA) is 71.5 Å². The summed E-state index contributed by atoms with van der Waals surface area (Å²) in [5.41, 5.74) is 0. The average Bonchev–Trinajstić information content (AvgIpc) is 2.26. The van der Waals surface area contributed by atoms with E-state index in [1.807, 2.05) is 0 Å². The van der Waals surface area contributed by atoms with Crippen LogP contribution in [0.2, 0.25) is 0 Å². The second kappa shape index (κ2) is 4.84. The number of hydrogen-bond donors (Lipinski definition) is 0. The summed E-state index contributed by atoms with van der Waals surface area (Å²) in [4.78, 5) is -0.153. The number of rotatable bonds is 4. The van der Waals surface area contributed by atoms with E-state index in [1.165, 1.54) is 19.1 Å². The van der Waals surface area contributed by atoms with Gasteiger partial charge in [-0.1, -0.05) is 13.0 Å². The second-order valence-electron chi connectivity index (χ2n) is 4.35. The molecule has 8 heteroatoms. The lowest BCUT2D eigenvalue weighted by Gasteiger charge is -2.37. The van der Waals surface area contributed by atoms with E-state index in [1.54, 1.807) is 0 Å². The lowest BCUT2D eigenvalue weighted by Crippen LogP contribution is -2.57. The summed E-state index contributed by atoms with van der Waals surface area (Å²) in [6.07, 6.45) is 0. The van der Waals surface area contributed by atoms with Crippen molar-refractivity contribution in [1.82, 2.24) is 4.31 Å². The average molecular weight is 307 g/mol. The van der Waals surface area contributed by atoms with Crippen LogP contribution < -0.4 is 0 Å². The maximum atomic E-state index is 13.0. The fourth-order valence-corrected chi connectivity index (χ4v) is 4.87. The molecule has 1 aromatic rings. The third kappa shape index (κ3) is 2.65. The highest BCUT2D eigenvalue weighted by molar-refractivity contribution is 7.92. The summed E-state index contributed by atoms with van der Waals surface area (Å²) >= 11 is 0. The Hall–Kier alpha value is -0.990. The van der Waals surface area contributed by atoms with Gasteiger partial charge in [0.1, 0.15) is 5.82 Å². The van der Waals surface area contributed by atoms with Gasteiger partial charge in [-0.2, -0.15) is 4.31 Å². The number of sulfonamides is 1. The lowest BCUT2D eigenvalue weighted by atomic mass is 10.3. The SMILES string of the molecule is CCS(=O)(=O)C1CN(S(=O)(=O)c2cccc(F)c2)C1. The largest absolute Gasteiger partial charge is 0.243 e. The van der Waals surface area contributed by atoms with Gasteiger partial charge in [0.05, 0.1) is 10.1 Å². The molecule has 19 heavy (non-hydrogen) atoms. The zero-order chi connectivity index (χ0) is 14.3. The molecule has 1 aromatic carbocycles. The van der Waals surface area contributed by atoms with E-state index in [2.05, 4.69) is 0 Å². The molecule has 1 heterocycles. The van der Waals surface area contributed by atoms with Gasteiger partial charge in [0.15, 0.2) is 9.84 Å². The van der Waals surface area contributed by atoms with Crippen LogP contribution in [0.3, 0.4) is 0 Å². The van der Waals surface area contributed by atoms with Crippen molar-refractivity contribution >= 4 is 19.9 Å². The van der Waals surface area contributed by atoms with E-state index in [4.69, 9.17) is 0 Å². The molecule has 1 fully saturated rings. The van der Waals surface area contributed by atoms with Crippen molar-refractivity contribution in [2.75, 3.05) is 18.8 Å². The van der Waals surface area contributed by atoms with Crippen molar-refractivity contribution in [3.63, 3.8) is 0 Å². The minimum atomic E-state index is -3.80. The highest BCUT2D eigenvalue weighted by atomic mass is 32.2. The Morgan fingerprint density at radius 2 is 1.89 bits per heavy atom. The van der Waals surface area contributed by atoms with Crippen LogP contribution in [0, 0.1) is 5.82 Å². The summed E-state index contributed by atoms with van der Waals surface area (Å²) in [5.74, 6) is -0.648. The van der Waals surface area contributed by atoms with Crippen molar-refractivity contribution in [3.8, 4) is 0 Å². The molecule has 0 bridgehead atoms. The fourth-order valence-electron chi connectivity index (χ4n) is 1.84. The molecule has 0 saturated carbocycles. The van der Waals surface area contributed by atoms with Crippen LogP contribution in [0.5, 0.6) is 0 Å². The molecular formula is C11H14FNO4S2. The molecule has 0 unspecified atom stereocenters. The van der Waals surface area contributed by atoms with Crippen molar-refractivity contribution < 1.29 is 21.2 Å². The van der Waals surface area contributed by atoms with E-state index in [0.717, 1.165) is 16.4 Å². The van der Waals surface area contributed by atoms with Gasteiger partial charge in [-0.3, -0.25) is 0 Å². The standard InChI is InChI=1S/C11H14FNO4S2/c1-2-18(14,15)11-7-13(8-11)19(16,17)10-5-3-4-9(12)6-10/h3-6,11H,2,7-8H2,1H3. The van der Waals surface area contributed by atoms with E-state index >= 15 is 0 Å². The van der Waals surface area contributed by atoms with Gasteiger partial charge in [0, 0.05) is 18.8 Å². The first-order valence-electron chi connectivity index (χ1n) is 5.74. The minimum Gasteiger partial charge on any atom is -0.228 e. The molecule has 0 radical (unpaired) electrons. The molecular weight excluding hydrogens is 293 g/mol. The zero-order valence-electron chi connectivity index (χ0n) is 10.3.